The second-order valence-electron chi connectivity index (χ2n) is 8.32. The van der Waals surface area contributed by atoms with Gasteiger partial charge in [0.1, 0.15) is 0 Å². The quantitative estimate of drug-likeness (QED) is 0.754. The normalized spacial score (nSPS) is 26.0. The smallest absolute Gasteiger partial charge is 0.185 e. The summed E-state index contributed by atoms with van der Waals surface area (Å²) in [4.78, 5) is 0. The standard InChI is InChI=1S/C18H30O2Si/c1-9-18(5)15-11-10-13(21(6,7)8)12-14(15)16(20-18)19-17(2,3)4/h10-12,16H,9H2,1-8H3. The maximum absolute atomic E-state index is 6.31. The first kappa shape index (κ1) is 16.7. The van der Waals surface area contributed by atoms with Crippen LogP contribution >= 0.6 is 0 Å². The van der Waals surface area contributed by atoms with Crippen LogP contribution in [0.3, 0.4) is 0 Å². The average Bonchev–Trinajstić information content (AvgIpc) is 2.60. The Morgan fingerprint density at radius 1 is 1.24 bits per heavy atom. The summed E-state index contributed by atoms with van der Waals surface area (Å²) in [6.45, 7) is 17.7. The fourth-order valence-corrected chi connectivity index (χ4v) is 3.92. The van der Waals surface area contributed by atoms with E-state index in [1.54, 1.807) is 0 Å². The van der Waals surface area contributed by atoms with Gasteiger partial charge in [-0.1, -0.05) is 50.0 Å². The molecule has 1 aliphatic rings. The highest BCUT2D eigenvalue weighted by Gasteiger charge is 2.42. The Labute approximate surface area is 130 Å². The summed E-state index contributed by atoms with van der Waals surface area (Å²) in [7, 11) is -1.33. The zero-order chi connectivity index (χ0) is 16.1. The van der Waals surface area contributed by atoms with Crippen LogP contribution in [0.4, 0.5) is 0 Å². The number of benzene rings is 1. The largest absolute Gasteiger partial charge is 0.343 e. The molecular formula is C18H30O2Si. The van der Waals surface area contributed by atoms with E-state index in [-0.39, 0.29) is 17.5 Å². The zero-order valence-electron chi connectivity index (χ0n) is 14.8. The van der Waals surface area contributed by atoms with Crippen LogP contribution in [0, 0.1) is 0 Å². The molecule has 0 amide bonds. The van der Waals surface area contributed by atoms with Crippen LogP contribution in [0.15, 0.2) is 18.2 Å². The summed E-state index contributed by atoms with van der Waals surface area (Å²) in [5, 5.41) is 1.47. The molecule has 2 rings (SSSR count). The molecule has 1 heterocycles. The maximum Gasteiger partial charge on any atom is 0.185 e. The lowest BCUT2D eigenvalue weighted by Crippen LogP contribution is -2.38. The van der Waals surface area contributed by atoms with Gasteiger partial charge in [-0.2, -0.15) is 0 Å². The number of fused-ring (bicyclic) bond motifs is 1. The van der Waals surface area contributed by atoms with Gasteiger partial charge >= 0.3 is 0 Å². The van der Waals surface area contributed by atoms with E-state index in [4.69, 9.17) is 9.47 Å². The van der Waals surface area contributed by atoms with E-state index in [1.807, 2.05) is 0 Å². The van der Waals surface area contributed by atoms with Gasteiger partial charge in [0, 0.05) is 5.56 Å². The molecule has 0 aromatic heterocycles. The molecule has 0 spiro atoms. The van der Waals surface area contributed by atoms with E-state index in [0.29, 0.717) is 0 Å². The highest BCUT2D eigenvalue weighted by atomic mass is 28.3. The first-order valence-corrected chi connectivity index (χ1v) is 11.5. The van der Waals surface area contributed by atoms with E-state index in [9.17, 15) is 0 Å². The number of ether oxygens (including phenoxy) is 2. The molecule has 1 aromatic rings. The summed E-state index contributed by atoms with van der Waals surface area (Å²) >= 11 is 0. The Morgan fingerprint density at radius 2 is 1.86 bits per heavy atom. The summed E-state index contributed by atoms with van der Waals surface area (Å²) in [5.41, 5.74) is 2.08. The van der Waals surface area contributed by atoms with E-state index in [1.165, 1.54) is 16.3 Å². The molecule has 0 radical (unpaired) electrons. The van der Waals surface area contributed by atoms with Crippen LogP contribution in [-0.2, 0) is 15.1 Å². The molecule has 0 fully saturated rings. The first-order valence-electron chi connectivity index (χ1n) is 7.97. The Balaban J connectivity index is 2.49. The van der Waals surface area contributed by atoms with Gasteiger partial charge in [-0.15, -0.1) is 0 Å². The minimum atomic E-state index is -1.33. The van der Waals surface area contributed by atoms with Gasteiger partial charge in [0.15, 0.2) is 6.29 Å². The van der Waals surface area contributed by atoms with Crippen LogP contribution in [-0.4, -0.2) is 13.7 Å². The first-order chi connectivity index (χ1) is 9.46. The van der Waals surface area contributed by atoms with Crippen molar-refractivity contribution in [1.29, 1.82) is 0 Å². The van der Waals surface area contributed by atoms with Crippen molar-refractivity contribution in [3.8, 4) is 0 Å². The van der Waals surface area contributed by atoms with Gasteiger partial charge in [-0.3, -0.25) is 0 Å². The van der Waals surface area contributed by atoms with Crippen molar-refractivity contribution in [1.82, 2.24) is 0 Å². The molecule has 0 saturated carbocycles. The van der Waals surface area contributed by atoms with Gasteiger partial charge in [0.25, 0.3) is 0 Å². The van der Waals surface area contributed by atoms with Crippen molar-refractivity contribution in [2.45, 2.75) is 78.2 Å². The summed E-state index contributed by atoms with van der Waals surface area (Å²) in [5.74, 6) is 0. The highest BCUT2D eigenvalue weighted by molar-refractivity contribution is 6.88. The third-order valence-corrected chi connectivity index (χ3v) is 6.29. The lowest BCUT2D eigenvalue weighted by atomic mass is 9.92. The third kappa shape index (κ3) is 3.41. The van der Waals surface area contributed by atoms with Crippen molar-refractivity contribution in [3.63, 3.8) is 0 Å². The lowest BCUT2D eigenvalue weighted by molar-refractivity contribution is -0.234. The summed E-state index contributed by atoms with van der Waals surface area (Å²) < 4.78 is 12.5. The molecule has 3 heteroatoms. The van der Waals surface area contributed by atoms with Crippen molar-refractivity contribution in [3.05, 3.63) is 29.3 Å². The molecule has 2 unspecified atom stereocenters. The predicted octanol–water partition coefficient (Wildman–Crippen LogP) is 4.70. The molecule has 0 bridgehead atoms. The van der Waals surface area contributed by atoms with Crippen LogP contribution in [0.2, 0.25) is 19.6 Å². The van der Waals surface area contributed by atoms with Gasteiger partial charge in [0.05, 0.1) is 19.3 Å². The highest BCUT2D eigenvalue weighted by Crippen LogP contribution is 2.46. The fraction of sp³-hybridized carbons (Fsp3) is 0.667. The summed E-state index contributed by atoms with van der Waals surface area (Å²) in [6, 6.07) is 6.89. The predicted molar refractivity (Wildman–Crippen MR) is 91.7 cm³/mol. The molecule has 21 heavy (non-hydrogen) atoms. The molecular weight excluding hydrogens is 276 g/mol. The van der Waals surface area contributed by atoms with E-state index in [2.05, 4.69) is 72.5 Å². The second-order valence-corrected chi connectivity index (χ2v) is 13.4. The Bertz CT molecular complexity index is 525. The van der Waals surface area contributed by atoms with E-state index in [0.717, 1.165) is 6.42 Å². The van der Waals surface area contributed by atoms with Crippen molar-refractivity contribution in [2.24, 2.45) is 0 Å². The molecule has 118 valence electrons. The van der Waals surface area contributed by atoms with Crippen LogP contribution < -0.4 is 5.19 Å². The third-order valence-electron chi connectivity index (χ3n) is 4.24. The van der Waals surface area contributed by atoms with Crippen molar-refractivity contribution < 1.29 is 9.47 Å². The number of rotatable bonds is 3. The number of hydrogen-bond acceptors (Lipinski definition) is 2. The molecule has 0 aliphatic carbocycles. The van der Waals surface area contributed by atoms with E-state index < -0.39 is 8.07 Å². The monoisotopic (exact) mass is 306 g/mol. The van der Waals surface area contributed by atoms with Gasteiger partial charge in [-0.05, 0) is 39.7 Å². The van der Waals surface area contributed by atoms with Gasteiger partial charge < -0.3 is 9.47 Å². The molecule has 0 saturated heterocycles. The maximum atomic E-state index is 6.31. The molecule has 0 N–H and O–H groups in total. The molecule has 2 nitrogen and oxygen atoms in total. The summed E-state index contributed by atoms with van der Waals surface area (Å²) in [6.07, 6.45) is 0.706. The van der Waals surface area contributed by atoms with Gasteiger partial charge in [0.2, 0.25) is 0 Å². The van der Waals surface area contributed by atoms with E-state index >= 15 is 0 Å². The van der Waals surface area contributed by atoms with Crippen LogP contribution in [0.5, 0.6) is 0 Å². The minimum Gasteiger partial charge on any atom is -0.343 e. The Kier molecular flexibility index (Phi) is 4.16. The number of hydrogen-bond donors (Lipinski definition) is 0. The molecule has 1 aliphatic heterocycles. The van der Waals surface area contributed by atoms with Crippen LogP contribution in [0.25, 0.3) is 0 Å². The van der Waals surface area contributed by atoms with Crippen LogP contribution in [0.1, 0.15) is 58.5 Å². The SMILES string of the molecule is CCC1(C)OC(OC(C)(C)C)c2cc([Si](C)(C)C)ccc21. The molecule has 2 atom stereocenters. The zero-order valence-corrected chi connectivity index (χ0v) is 15.8. The average molecular weight is 307 g/mol. The molecule has 1 aromatic carbocycles. The topological polar surface area (TPSA) is 18.5 Å². The Hall–Kier alpha value is -0.643. The fourth-order valence-electron chi connectivity index (χ4n) is 2.75. The second kappa shape index (κ2) is 5.22. The minimum absolute atomic E-state index is 0.212. The van der Waals surface area contributed by atoms with Crippen molar-refractivity contribution in [2.75, 3.05) is 0 Å². The van der Waals surface area contributed by atoms with Gasteiger partial charge in [-0.25, -0.2) is 0 Å². The van der Waals surface area contributed by atoms with Crippen molar-refractivity contribution >= 4 is 13.3 Å². The Morgan fingerprint density at radius 3 is 2.33 bits per heavy atom. The lowest BCUT2D eigenvalue weighted by Gasteiger charge is -2.28.